The van der Waals surface area contributed by atoms with E-state index in [1.807, 2.05) is 0 Å². The lowest BCUT2D eigenvalue weighted by Gasteiger charge is -2.16. The summed E-state index contributed by atoms with van der Waals surface area (Å²) in [5.74, 6) is -1.06. The van der Waals surface area contributed by atoms with Crippen molar-refractivity contribution < 1.29 is 27.4 Å². The van der Waals surface area contributed by atoms with E-state index in [0.717, 1.165) is 12.1 Å². The molecule has 1 N–H and O–H groups in total. The Kier molecular flexibility index (Phi) is 4.18. The molecule has 2 aromatic rings. The summed E-state index contributed by atoms with van der Waals surface area (Å²) in [5, 5.41) is 10.1. The van der Waals surface area contributed by atoms with Crippen LogP contribution in [0, 0.1) is 5.82 Å². The average molecular weight is 300 g/mol. The molecule has 0 saturated carbocycles. The number of halogens is 4. The van der Waals surface area contributed by atoms with Crippen LogP contribution in [0.5, 0.6) is 5.75 Å². The number of hydrogen-bond acceptors (Lipinski definition) is 2. The van der Waals surface area contributed by atoms with Gasteiger partial charge in [0.2, 0.25) is 0 Å². The van der Waals surface area contributed by atoms with Gasteiger partial charge in [0.05, 0.1) is 12.7 Å². The number of rotatable bonds is 3. The molecule has 0 aliphatic rings. The maximum atomic E-state index is 14.0. The van der Waals surface area contributed by atoms with Crippen LogP contribution in [0.25, 0.3) is 0 Å². The van der Waals surface area contributed by atoms with Crippen molar-refractivity contribution in [3.05, 3.63) is 65.0 Å². The lowest BCUT2D eigenvalue weighted by molar-refractivity contribution is -0.140. The predicted octanol–water partition coefficient (Wildman–Crippen LogP) is 3.93. The molecule has 0 spiro atoms. The summed E-state index contributed by atoms with van der Waals surface area (Å²) >= 11 is 0. The number of aliphatic hydroxyl groups excluding tert-OH is 1. The topological polar surface area (TPSA) is 29.5 Å². The van der Waals surface area contributed by atoms with E-state index in [1.165, 1.54) is 19.2 Å². The van der Waals surface area contributed by atoms with Crippen molar-refractivity contribution in [2.24, 2.45) is 0 Å². The third kappa shape index (κ3) is 3.16. The van der Waals surface area contributed by atoms with Gasteiger partial charge in [0, 0.05) is 5.56 Å². The molecule has 1 unspecified atom stereocenters. The minimum absolute atomic E-state index is 0.243. The Balaban J connectivity index is 2.46. The van der Waals surface area contributed by atoms with Crippen LogP contribution >= 0.6 is 0 Å². The molecule has 0 aliphatic heterocycles. The van der Waals surface area contributed by atoms with Crippen LogP contribution < -0.4 is 4.74 Å². The van der Waals surface area contributed by atoms with Gasteiger partial charge < -0.3 is 9.84 Å². The highest BCUT2D eigenvalue weighted by molar-refractivity contribution is 5.38. The Morgan fingerprint density at radius 2 is 1.76 bits per heavy atom. The molecular formula is C15H12F4O2. The summed E-state index contributed by atoms with van der Waals surface area (Å²) in [7, 11) is 1.41. The van der Waals surface area contributed by atoms with E-state index in [4.69, 9.17) is 4.74 Å². The number of alkyl halides is 3. The summed E-state index contributed by atoms with van der Waals surface area (Å²) in [5.41, 5.74) is -1.59. The van der Waals surface area contributed by atoms with Crippen molar-refractivity contribution in [1.82, 2.24) is 0 Å². The Bertz CT molecular complexity index is 638. The average Bonchev–Trinajstić information content (AvgIpc) is 2.45. The van der Waals surface area contributed by atoms with Gasteiger partial charge in [0.1, 0.15) is 17.7 Å². The smallest absolute Gasteiger partial charge is 0.419 e. The first kappa shape index (κ1) is 15.3. The van der Waals surface area contributed by atoms with E-state index < -0.39 is 29.2 Å². The molecular weight excluding hydrogens is 288 g/mol. The Labute approximate surface area is 118 Å². The Morgan fingerprint density at radius 1 is 1.10 bits per heavy atom. The highest BCUT2D eigenvalue weighted by atomic mass is 19.4. The van der Waals surface area contributed by atoms with Crippen LogP contribution in [0.1, 0.15) is 22.8 Å². The lowest BCUT2D eigenvalue weighted by atomic mass is 9.98. The Morgan fingerprint density at radius 3 is 2.38 bits per heavy atom. The fourth-order valence-electron chi connectivity index (χ4n) is 1.97. The molecule has 0 aromatic heterocycles. The third-order valence-corrected chi connectivity index (χ3v) is 3.04. The standard InChI is InChI=1S/C15H12F4O2/c1-21-10-5-2-4-9(8-10)14(20)11-6-3-7-12(13(11)16)15(17,18)19/h2-8,14,20H,1H3. The van der Waals surface area contributed by atoms with Gasteiger partial charge in [-0.1, -0.05) is 24.3 Å². The molecule has 0 radical (unpaired) electrons. The van der Waals surface area contributed by atoms with Crippen LogP contribution in [-0.4, -0.2) is 12.2 Å². The number of aliphatic hydroxyl groups is 1. The van der Waals surface area contributed by atoms with Gasteiger partial charge in [-0.3, -0.25) is 0 Å². The van der Waals surface area contributed by atoms with E-state index in [-0.39, 0.29) is 5.56 Å². The molecule has 0 saturated heterocycles. The monoisotopic (exact) mass is 300 g/mol. The minimum Gasteiger partial charge on any atom is -0.497 e. The van der Waals surface area contributed by atoms with E-state index in [2.05, 4.69) is 0 Å². The summed E-state index contributed by atoms with van der Waals surface area (Å²) in [6, 6.07) is 8.90. The van der Waals surface area contributed by atoms with Crippen molar-refractivity contribution >= 4 is 0 Å². The lowest BCUT2D eigenvalue weighted by Crippen LogP contribution is -2.12. The summed E-state index contributed by atoms with van der Waals surface area (Å²) < 4.78 is 57.0. The third-order valence-electron chi connectivity index (χ3n) is 3.04. The van der Waals surface area contributed by atoms with E-state index in [9.17, 15) is 22.7 Å². The molecule has 6 heteroatoms. The zero-order chi connectivity index (χ0) is 15.6. The second-order valence-corrected chi connectivity index (χ2v) is 4.39. The van der Waals surface area contributed by atoms with E-state index in [0.29, 0.717) is 11.8 Å². The van der Waals surface area contributed by atoms with Gasteiger partial charge in [0.15, 0.2) is 0 Å². The van der Waals surface area contributed by atoms with Gasteiger partial charge in [0.25, 0.3) is 0 Å². The van der Waals surface area contributed by atoms with Gasteiger partial charge in [-0.25, -0.2) is 4.39 Å². The second kappa shape index (κ2) is 5.73. The molecule has 2 nitrogen and oxygen atoms in total. The highest BCUT2D eigenvalue weighted by Crippen LogP contribution is 2.35. The largest absolute Gasteiger partial charge is 0.497 e. The molecule has 2 rings (SSSR count). The number of ether oxygens (including phenoxy) is 1. The number of hydrogen-bond donors (Lipinski definition) is 1. The van der Waals surface area contributed by atoms with Gasteiger partial charge in [-0.05, 0) is 23.8 Å². The first-order valence-electron chi connectivity index (χ1n) is 6.02. The molecule has 0 bridgehead atoms. The second-order valence-electron chi connectivity index (χ2n) is 4.39. The Hall–Kier alpha value is -2.08. The molecule has 0 amide bonds. The normalized spacial score (nSPS) is 13.0. The van der Waals surface area contributed by atoms with E-state index in [1.54, 1.807) is 12.1 Å². The first-order chi connectivity index (χ1) is 9.84. The highest BCUT2D eigenvalue weighted by Gasteiger charge is 2.35. The SMILES string of the molecule is COc1cccc(C(O)c2cccc(C(F)(F)F)c2F)c1. The van der Waals surface area contributed by atoms with Gasteiger partial charge in [-0.15, -0.1) is 0 Å². The molecule has 112 valence electrons. The number of methoxy groups -OCH3 is 1. The minimum atomic E-state index is -4.81. The van der Waals surface area contributed by atoms with Gasteiger partial charge >= 0.3 is 6.18 Å². The molecule has 0 fully saturated rings. The van der Waals surface area contributed by atoms with Crippen molar-refractivity contribution in [3.8, 4) is 5.75 Å². The fraction of sp³-hybridized carbons (Fsp3) is 0.200. The maximum absolute atomic E-state index is 14.0. The first-order valence-corrected chi connectivity index (χ1v) is 6.02. The zero-order valence-electron chi connectivity index (χ0n) is 11.0. The summed E-state index contributed by atoms with van der Waals surface area (Å²) in [6.07, 6.45) is -6.32. The molecule has 0 aliphatic carbocycles. The zero-order valence-corrected chi connectivity index (χ0v) is 11.0. The molecule has 2 aromatic carbocycles. The molecule has 1 atom stereocenters. The molecule has 21 heavy (non-hydrogen) atoms. The van der Waals surface area contributed by atoms with Crippen LogP contribution in [0.15, 0.2) is 42.5 Å². The van der Waals surface area contributed by atoms with Crippen molar-refractivity contribution in [2.75, 3.05) is 7.11 Å². The van der Waals surface area contributed by atoms with Crippen molar-refractivity contribution in [3.63, 3.8) is 0 Å². The van der Waals surface area contributed by atoms with Gasteiger partial charge in [-0.2, -0.15) is 13.2 Å². The molecule has 0 heterocycles. The predicted molar refractivity (Wildman–Crippen MR) is 68.5 cm³/mol. The van der Waals surface area contributed by atoms with Crippen LogP contribution in [0.3, 0.4) is 0 Å². The summed E-state index contributed by atoms with van der Waals surface area (Å²) in [6.45, 7) is 0. The van der Waals surface area contributed by atoms with Crippen LogP contribution in [0.4, 0.5) is 17.6 Å². The fourth-order valence-corrected chi connectivity index (χ4v) is 1.97. The number of benzene rings is 2. The van der Waals surface area contributed by atoms with E-state index >= 15 is 0 Å². The maximum Gasteiger partial charge on any atom is 0.419 e. The quantitative estimate of drug-likeness (QED) is 0.870. The van der Waals surface area contributed by atoms with Crippen molar-refractivity contribution in [1.29, 1.82) is 0 Å². The summed E-state index contributed by atoms with van der Waals surface area (Å²) in [4.78, 5) is 0. The van der Waals surface area contributed by atoms with Crippen LogP contribution in [0.2, 0.25) is 0 Å². The van der Waals surface area contributed by atoms with Crippen molar-refractivity contribution in [2.45, 2.75) is 12.3 Å². The van der Waals surface area contributed by atoms with Crippen LogP contribution in [-0.2, 0) is 6.18 Å².